The van der Waals surface area contributed by atoms with E-state index in [2.05, 4.69) is 10.2 Å². The highest BCUT2D eigenvalue weighted by Gasteiger charge is 2.15. The third-order valence-electron chi connectivity index (χ3n) is 3.20. The number of aryl methyl sites for hydroxylation is 1. The normalized spacial score (nSPS) is 17.3. The van der Waals surface area contributed by atoms with Crippen LogP contribution in [0.2, 0.25) is 0 Å². The fourth-order valence-corrected chi connectivity index (χ4v) is 2.91. The fraction of sp³-hybridized carbons (Fsp3) is 0.750. The van der Waals surface area contributed by atoms with Gasteiger partial charge in [0.1, 0.15) is 6.33 Å². The number of rotatable bonds is 3. The number of likely N-dealkylation sites (tertiary alicyclic amines) is 1. The lowest BCUT2D eigenvalue weighted by molar-refractivity contribution is -0.128. The molecule has 1 fully saturated rings. The molecule has 0 saturated carbocycles. The van der Waals surface area contributed by atoms with Gasteiger partial charge in [-0.05, 0) is 12.8 Å². The van der Waals surface area contributed by atoms with Crippen LogP contribution < -0.4 is 0 Å². The lowest BCUT2D eigenvalue weighted by atomic mass is 10.1. The molecule has 0 N–H and O–H groups in total. The van der Waals surface area contributed by atoms with Crippen molar-refractivity contribution in [2.45, 2.75) is 37.3 Å². The third kappa shape index (κ3) is 3.73. The van der Waals surface area contributed by atoms with Crippen molar-refractivity contribution in [2.75, 3.05) is 18.8 Å². The van der Waals surface area contributed by atoms with Gasteiger partial charge in [0.2, 0.25) is 5.91 Å². The van der Waals surface area contributed by atoms with E-state index in [0.717, 1.165) is 31.1 Å². The first-order chi connectivity index (χ1) is 8.77. The van der Waals surface area contributed by atoms with E-state index in [0.29, 0.717) is 5.75 Å². The summed E-state index contributed by atoms with van der Waals surface area (Å²) in [6, 6.07) is 0. The van der Waals surface area contributed by atoms with E-state index in [1.54, 1.807) is 6.33 Å². The van der Waals surface area contributed by atoms with Crippen LogP contribution in [0, 0.1) is 0 Å². The molecule has 2 rings (SSSR count). The SMILES string of the molecule is Cn1cnnc1SCC(=O)N1CCCCCCC1. The molecule has 0 bridgehead atoms. The monoisotopic (exact) mass is 268 g/mol. The quantitative estimate of drug-likeness (QED) is 0.783. The summed E-state index contributed by atoms with van der Waals surface area (Å²) in [4.78, 5) is 14.1. The smallest absolute Gasteiger partial charge is 0.233 e. The van der Waals surface area contributed by atoms with Gasteiger partial charge in [-0.2, -0.15) is 0 Å². The Morgan fingerprint density at radius 2 is 1.94 bits per heavy atom. The van der Waals surface area contributed by atoms with Gasteiger partial charge < -0.3 is 9.47 Å². The summed E-state index contributed by atoms with van der Waals surface area (Å²) in [5.41, 5.74) is 0. The van der Waals surface area contributed by atoms with Crippen LogP contribution in [0.4, 0.5) is 0 Å². The van der Waals surface area contributed by atoms with Gasteiger partial charge in [-0.15, -0.1) is 10.2 Å². The minimum atomic E-state index is 0.227. The van der Waals surface area contributed by atoms with Crippen molar-refractivity contribution in [1.29, 1.82) is 0 Å². The second-order valence-corrected chi connectivity index (χ2v) is 5.60. The summed E-state index contributed by atoms with van der Waals surface area (Å²) in [6.07, 6.45) is 7.75. The molecule has 1 saturated heterocycles. The van der Waals surface area contributed by atoms with Gasteiger partial charge in [-0.3, -0.25) is 4.79 Å². The van der Waals surface area contributed by atoms with Crippen LogP contribution in [0.3, 0.4) is 0 Å². The van der Waals surface area contributed by atoms with Crippen LogP contribution in [0.15, 0.2) is 11.5 Å². The maximum absolute atomic E-state index is 12.1. The average Bonchev–Trinajstić information content (AvgIpc) is 2.71. The zero-order chi connectivity index (χ0) is 12.8. The first-order valence-corrected chi connectivity index (χ1v) is 7.50. The summed E-state index contributed by atoms with van der Waals surface area (Å²) in [5.74, 6) is 0.692. The third-order valence-corrected chi connectivity index (χ3v) is 4.22. The second-order valence-electron chi connectivity index (χ2n) is 4.66. The Hall–Kier alpha value is -1.04. The summed E-state index contributed by atoms with van der Waals surface area (Å²) in [6.45, 7) is 1.83. The standard InChI is InChI=1S/C12H20N4OS/c1-15-10-13-14-12(15)18-9-11(17)16-7-5-3-2-4-6-8-16/h10H,2-9H2,1H3. The maximum atomic E-state index is 12.1. The Morgan fingerprint density at radius 3 is 2.56 bits per heavy atom. The van der Waals surface area contributed by atoms with Crippen LogP contribution in [-0.4, -0.2) is 44.4 Å². The topological polar surface area (TPSA) is 51.0 Å². The molecule has 100 valence electrons. The molecule has 0 spiro atoms. The molecule has 0 aliphatic carbocycles. The van der Waals surface area contributed by atoms with Gasteiger partial charge in [0.25, 0.3) is 0 Å². The van der Waals surface area contributed by atoms with Crippen molar-refractivity contribution in [1.82, 2.24) is 19.7 Å². The number of hydrogen-bond donors (Lipinski definition) is 0. The van der Waals surface area contributed by atoms with Crippen molar-refractivity contribution < 1.29 is 4.79 Å². The van der Waals surface area contributed by atoms with E-state index in [1.807, 2.05) is 16.5 Å². The fourth-order valence-electron chi connectivity index (χ4n) is 2.12. The van der Waals surface area contributed by atoms with Gasteiger partial charge in [0.15, 0.2) is 5.16 Å². The number of aromatic nitrogens is 3. The predicted molar refractivity (Wildman–Crippen MR) is 71.4 cm³/mol. The Morgan fingerprint density at radius 1 is 1.28 bits per heavy atom. The minimum Gasteiger partial charge on any atom is -0.342 e. The number of nitrogens with zero attached hydrogens (tertiary/aromatic N) is 4. The van der Waals surface area contributed by atoms with Gasteiger partial charge >= 0.3 is 0 Å². The Kier molecular flexibility index (Phi) is 5.04. The first-order valence-electron chi connectivity index (χ1n) is 6.52. The van der Waals surface area contributed by atoms with Crippen molar-refractivity contribution in [3.63, 3.8) is 0 Å². The highest BCUT2D eigenvalue weighted by molar-refractivity contribution is 7.99. The number of carbonyl (C=O) groups excluding carboxylic acids is 1. The average molecular weight is 268 g/mol. The van der Waals surface area contributed by atoms with E-state index in [1.165, 1.54) is 31.0 Å². The lowest BCUT2D eigenvalue weighted by Gasteiger charge is -2.24. The van der Waals surface area contributed by atoms with Gasteiger partial charge in [-0.25, -0.2) is 0 Å². The van der Waals surface area contributed by atoms with E-state index < -0.39 is 0 Å². The number of carbonyl (C=O) groups is 1. The van der Waals surface area contributed by atoms with Crippen LogP contribution in [-0.2, 0) is 11.8 Å². The molecule has 0 aromatic carbocycles. The van der Waals surface area contributed by atoms with E-state index >= 15 is 0 Å². The second kappa shape index (κ2) is 6.78. The molecule has 0 unspecified atom stereocenters. The van der Waals surface area contributed by atoms with Gasteiger partial charge in [0.05, 0.1) is 5.75 Å². The summed E-state index contributed by atoms with van der Waals surface area (Å²) >= 11 is 1.47. The molecule has 1 aliphatic rings. The van der Waals surface area contributed by atoms with E-state index in [-0.39, 0.29) is 5.91 Å². The molecular formula is C12H20N4OS. The Balaban J connectivity index is 1.81. The van der Waals surface area contributed by atoms with Crippen molar-refractivity contribution >= 4 is 17.7 Å². The van der Waals surface area contributed by atoms with Crippen LogP contribution in [0.25, 0.3) is 0 Å². The molecule has 1 aromatic heterocycles. The number of hydrogen-bond acceptors (Lipinski definition) is 4. The van der Waals surface area contributed by atoms with Crippen molar-refractivity contribution in [2.24, 2.45) is 7.05 Å². The predicted octanol–water partition coefficient (Wildman–Crippen LogP) is 1.70. The Labute approximate surface area is 112 Å². The molecule has 1 amide bonds. The van der Waals surface area contributed by atoms with Gasteiger partial charge in [0, 0.05) is 20.1 Å². The zero-order valence-electron chi connectivity index (χ0n) is 10.8. The van der Waals surface area contributed by atoms with Crippen molar-refractivity contribution in [3.8, 4) is 0 Å². The van der Waals surface area contributed by atoms with Crippen molar-refractivity contribution in [3.05, 3.63) is 6.33 Å². The Bertz CT molecular complexity index is 385. The summed E-state index contributed by atoms with van der Waals surface area (Å²) in [7, 11) is 1.89. The van der Waals surface area contributed by atoms with E-state index in [4.69, 9.17) is 0 Å². The molecule has 1 aromatic rings. The molecule has 6 heteroatoms. The lowest BCUT2D eigenvalue weighted by Crippen LogP contribution is -2.35. The van der Waals surface area contributed by atoms with Crippen LogP contribution in [0.1, 0.15) is 32.1 Å². The van der Waals surface area contributed by atoms with Crippen LogP contribution >= 0.6 is 11.8 Å². The summed E-state index contributed by atoms with van der Waals surface area (Å²) < 4.78 is 1.84. The molecule has 18 heavy (non-hydrogen) atoms. The summed E-state index contributed by atoms with van der Waals surface area (Å²) in [5, 5.41) is 8.58. The molecule has 2 heterocycles. The first kappa shape index (κ1) is 13.4. The minimum absolute atomic E-state index is 0.227. The molecule has 1 aliphatic heterocycles. The number of thioether (sulfide) groups is 1. The molecular weight excluding hydrogens is 248 g/mol. The zero-order valence-corrected chi connectivity index (χ0v) is 11.7. The number of amides is 1. The molecule has 0 radical (unpaired) electrons. The molecule has 0 atom stereocenters. The van der Waals surface area contributed by atoms with Crippen LogP contribution in [0.5, 0.6) is 0 Å². The highest BCUT2D eigenvalue weighted by atomic mass is 32.2. The maximum Gasteiger partial charge on any atom is 0.233 e. The molecule has 5 nitrogen and oxygen atoms in total. The highest BCUT2D eigenvalue weighted by Crippen LogP contribution is 2.16. The van der Waals surface area contributed by atoms with Gasteiger partial charge in [-0.1, -0.05) is 31.0 Å². The van der Waals surface area contributed by atoms with E-state index in [9.17, 15) is 4.79 Å². The largest absolute Gasteiger partial charge is 0.342 e.